The quantitative estimate of drug-likeness (QED) is 0.559. The molecule has 8 nitrogen and oxygen atoms in total. The minimum absolute atomic E-state index is 0.0582. The number of pyridine rings is 1. The summed E-state index contributed by atoms with van der Waals surface area (Å²) in [6, 6.07) is 9.62. The maximum atomic E-state index is 14.1. The second kappa shape index (κ2) is 8.10. The molecule has 6 rings (SSSR count). The third-order valence-corrected chi connectivity index (χ3v) is 7.24. The molecule has 3 aromatic rings. The van der Waals surface area contributed by atoms with E-state index in [1.165, 1.54) is 0 Å². The van der Waals surface area contributed by atoms with Gasteiger partial charge in [0.1, 0.15) is 23.7 Å². The summed E-state index contributed by atoms with van der Waals surface area (Å²) in [5, 5.41) is 12.7. The Balaban J connectivity index is 1.52. The number of anilines is 1. The number of carbonyl (C=O) groups is 1. The third-order valence-electron chi connectivity index (χ3n) is 6.99. The summed E-state index contributed by atoms with van der Waals surface area (Å²) in [5.41, 5.74) is 6.30. The van der Waals surface area contributed by atoms with E-state index in [2.05, 4.69) is 40.3 Å². The van der Waals surface area contributed by atoms with E-state index in [9.17, 15) is 4.79 Å². The van der Waals surface area contributed by atoms with Crippen LogP contribution in [0.5, 0.6) is 0 Å². The second-order valence-electron chi connectivity index (χ2n) is 9.55. The van der Waals surface area contributed by atoms with Gasteiger partial charge in [-0.15, -0.1) is 10.2 Å². The van der Waals surface area contributed by atoms with E-state index in [1.807, 2.05) is 59.7 Å². The molecule has 1 unspecified atom stereocenters. The zero-order chi connectivity index (χ0) is 24.4. The third kappa shape index (κ3) is 3.35. The first-order chi connectivity index (χ1) is 16.8. The van der Waals surface area contributed by atoms with E-state index in [0.717, 1.165) is 39.6 Å². The lowest BCUT2D eigenvalue weighted by atomic mass is 10.0. The molecule has 0 spiro atoms. The Hall–Kier alpha value is -3.36. The van der Waals surface area contributed by atoms with Crippen molar-refractivity contribution in [2.45, 2.75) is 45.9 Å². The maximum absolute atomic E-state index is 14.1. The lowest BCUT2D eigenvalue weighted by Crippen LogP contribution is -2.48. The normalized spacial score (nSPS) is 22.0. The van der Waals surface area contributed by atoms with Gasteiger partial charge in [-0.1, -0.05) is 29.8 Å². The molecular weight excluding hydrogens is 464 g/mol. The number of aromatic nitrogens is 3. The molecule has 0 fully saturated rings. The van der Waals surface area contributed by atoms with Crippen LogP contribution in [-0.4, -0.2) is 50.8 Å². The summed E-state index contributed by atoms with van der Waals surface area (Å²) in [4.78, 5) is 18.3. The van der Waals surface area contributed by atoms with Crippen LogP contribution in [-0.2, 0) is 9.53 Å². The number of amides is 1. The fourth-order valence-corrected chi connectivity index (χ4v) is 5.52. The molecule has 1 N–H and O–H groups in total. The SMILES string of the molecule is Cc1cc(N2C(=O)C3=C(C2c2ccc(Cl)cc2)N(C(C)C)[C@@H](C2=CCOC2)N3)cn2c(C)nnc12. The van der Waals surface area contributed by atoms with Gasteiger partial charge in [0.15, 0.2) is 5.65 Å². The van der Waals surface area contributed by atoms with Gasteiger partial charge in [0, 0.05) is 17.3 Å². The van der Waals surface area contributed by atoms with E-state index < -0.39 is 0 Å². The van der Waals surface area contributed by atoms with Crippen molar-refractivity contribution in [3.8, 4) is 0 Å². The molecule has 3 aliphatic heterocycles. The lowest BCUT2D eigenvalue weighted by Gasteiger charge is -2.39. The zero-order valence-electron chi connectivity index (χ0n) is 20.1. The van der Waals surface area contributed by atoms with Crippen LogP contribution in [0.3, 0.4) is 0 Å². The number of nitrogens with one attached hydrogen (secondary N) is 1. The zero-order valence-corrected chi connectivity index (χ0v) is 20.9. The van der Waals surface area contributed by atoms with Gasteiger partial charge < -0.3 is 15.0 Å². The molecule has 1 aromatic carbocycles. The van der Waals surface area contributed by atoms with Gasteiger partial charge >= 0.3 is 0 Å². The van der Waals surface area contributed by atoms with Crippen LogP contribution in [0.2, 0.25) is 5.02 Å². The molecular formula is C26H27ClN6O2. The fourth-order valence-electron chi connectivity index (χ4n) is 5.40. The van der Waals surface area contributed by atoms with Gasteiger partial charge in [0.2, 0.25) is 0 Å². The Kier molecular flexibility index (Phi) is 5.12. The molecule has 35 heavy (non-hydrogen) atoms. The highest BCUT2D eigenvalue weighted by Gasteiger charge is 2.51. The Labute approximate surface area is 208 Å². The van der Waals surface area contributed by atoms with Crippen molar-refractivity contribution in [1.82, 2.24) is 24.8 Å². The second-order valence-corrected chi connectivity index (χ2v) is 9.99. The first-order valence-corrected chi connectivity index (χ1v) is 12.2. The molecule has 0 radical (unpaired) electrons. The number of hydrogen-bond donors (Lipinski definition) is 1. The van der Waals surface area contributed by atoms with Crippen molar-refractivity contribution >= 4 is 28.8 Å². The highest BCUT2D eigenvalue weighted by molar-refractivity contribution is 6.30. The molecule has 0 aliphatic carbocycles. The molecule has 5 heterocycles. The molecule has 3 aliphatic rings. The largest absolute Gasteiger partial charge is 0.373 e. The van der Waals surface area contributed by atoms with Crippen molar-refractivity contribution in [2.75, 3.05) is 18.1 Å². The van der Waals surface area contributed by atoms with E-state index in [1.54, 1.807) is 0 Å². The van der Waals surface area contributed by atoms with Crippen LogP contribution < -0.4 is 10.2 Å². The molecule has 0 bridgehead atoms. The Morgan fingerprint density at radius 3 is 2.63 bits per heavy atom. The smallest absolute Gasteiger partial charge is 0.277 e. The standard InChI is InChI=1S/C26H27ClN6O2/c1-14(2)32-23-21(28-25(32)18-9-10-35-13-18)26(34)33(22(23)17-5-7-19(27)8-6-17)20-11-15(3)24-30-29-16(4)31(24)12-20/h5-9,11-12,14,22,25,28H,10,13H2,1-4H3/t22?,25-/m0/s1. The summed E-state index contributed by atoms with van der Waals surface area (Å²) in [5.74, 6) is 0.715. The van der Waals surface area contributed by atoms with Crippen molar-refractivity contribution in [3.63, 3.8) is 0 Å². The minimum atomic E-state index is -0.314. The number of benzene rings is 1. The number of rotatable bonds is 4. The monoisotopic (exact) mass is 490 g/mol. The number of nitrogens with zero attached hydrogens (tertiary/aromatic N) is 5. The Bertz CT molecular complexity index is 1410. The summed E-state index contributed by atoms with van der Waals surface area (Å²) >= 11 is 6.24. The van der Waals surface area contributed by atoms with Crippen molar-refractivity contribution < 1.29 is 9.53 Å². The summed E-state index contributed by atoms with van der Waals surface area (Å²) in [7, 11) is 0. The number of aryl methyl sites for hydroxylation is 2. The highest BCUT2D eigenvalue weighted by Crippen LogP contribution is 2.47. The number of halogens is 1. The topological polar surface area (TPSA) is 75.0 Å². The Morgan fingerprint density at radius 1 is 1.17 bits per heavy atom. The number of fused-ring (bicyclic) bond motifs is 1. The van der Waals surface area contributed by atoms with E-state index >= 15 is 0 Å². The van der Waals surface area contributed by atoms with Crippen LogP contribution in [0.4, 0.5) is 5.69 Å². The number of carbonyl (C=O) groups excluding carboxylic acids is 1. The average molecular weight is 491 g/mol. The van der Waals surface area contributed by atoms with E-state index in [4.69, 9.17) is 16.3 Å². The van der Waals surface area contributed by atoms with Gasteiger partial charge in [-0.05, 0) is 62.6 Å². The fraction of sp³-hybridized carbons (Fsp3) is 0.346. The van der Waals surface area contributed by atoms with E-state index in [-0.39, 0.29) is 24.2 Å². The first-order valence-electron chi connectivity index (χ1n) is 11.8. The van der Waals surface area contributed by atoms with Gasteiger partial charge in [-0.2, -0.15) is 0 Å². The molecule has 180 valence electrons. The Morgan fingerprint density at radius 2 is 1.94 bits per heavy atom. The highest BCUT2D eigenvalue weighted by atomic mass is 35.5. The summed E-state index contributed by atoms with van der Waals surface area (Å²) < 4.78 is 7.56. The molecule has 2 aromatic heterocycles. The van der Waals surface area contributed by atoms with Gasteiger partial charge in [0.05, 0.1) is 24.6 Å². The predicted molar refractivity (Wildman–Crippen MR) is 134 cm³/mol. The van der Waals surface area contributed by atoms with Crippen molar-refractivity contribution in [2.24, 2.45) is 0 Å². The van der Waals surface area contributed by atoms with Gasteiger partial charge in [-0.25, -0.2) is 0 Å². The van der Waals surface area contributed by atoms with Crippen LogP contribution in [0.25, 0.3) is 5.65 Å². The predicted octanol–water partition coefficient (Wildman–Crippen LogP) is 3.90. The minimum Gasteiger partial charge on any atom is -0.373 e. The number of ether oxygens (including phenoxy) is 1. The molecule has 0 saturated heterocycles. The van der Waals surface area contributed by atoms with Crippen LogP contribution >= 0.6 is 11.6 Å². The average Bonchev–Trinajstić information content (AvgIpc) is 3.59. The van der Waals surface area contributed by atoms with E-state index in [0.29, 0.717) is 23.9 Å². The lowest BCUT2D eigenvalue weighted by molar-refractivity contribution is -0.115. The van der Waals surface area contributed by atoms with Crippen LogP contribution in [0.1, 0.15) is 36.8 Å². The first kappa shape index (κ1) is 22.1. The summed E-state index contributed by atoms with van der Waals surface area (Å²) in [6.07, 6.45) is 3.96. The molecule has 9 heteroatoms. The number of hydrogen-bond acceptors (Lipinski definition) is 6. The summed E-state index contributed by atoms with van der Waals surface area (Å²) in [6.45, 7) is 9.38. The maximum Gasteiger partial charge on any atom is 0.277 e. The van der Waals surface area contributed by atoms with Crippen molar-refractivity contribution in [3.05, 3.63) is 81.5 Å². The molecule has 1 amide bonds. The van der Waals surface area contributed by atoms with Crippen LogP contribution in [0.15, 0.2) is 59.6 Å². The molecule has 2 atom stereocenters. The van der Waals surface area contributed by atoms with Gasteiger partial charge in [0.25, 0.3) is 5.91 Å². The molecule has 0 saturated carbocycles. The van der Waals surface area contributed by atoms with Crippen LogP contribution in [0, 0.1) is 13.8 Å². The van der Waals surface area contributed by atoms with Crippen molar-refractivity contribution in [1.29, 1.82) is 0 Å². The van der Waals surface area contributed by atoms with Gasteiger partial charge in [-0.3, -0.25) is 14.1 Å².